The summed E-state index contributed by atoms with van der Waals surface area (Å²) in [6.07, 6.45) is 0. The van der Waals surface area contributed by atoms with E-state index in [-0.39, 0.29) is 11.6 Å². The van der Waals surface area contributed by atoms with E-state index >= 15 is 0 Å². The maximum absolute atomic E-state index is 12.2. The number of urea groups is 1. The average Bonchev–Trinajstić information content (AvgIpc) is 2.57. The normalized spacial score (nSPS) is 17.3. The molecule has 0 radical (unpaired) electrons. The molecule has 2 rings (SSSR count). The van der Waals surface area contributed by atoms with Crippen LogP contribution in [0.4, 0.5) is 10.5 Å². The number of halogens is 1. The van der Waals surface area contributed by atoms with Crippen molar-refractivity contribution in [3.05, 3.63) is 28.8 Å². The van der Waals surface area contributed by atoms with E-state index in [1.807, 2.05) is 32.9 Å². The van der Waals surface area contributed by atoms with Crippen LogP contribution in [0.3, 0.4) is 0 Å². The summed E-state index contributed by atoms with van der Waals surface area (Å²) in [6, 6.07) is 5.22. The zero-order valence-corrected chi connectivity index (χ0v) is 12.7. The molecule has 2 N–H and O–H groups in total. The number of amides is 2. The molecule has 1 fully saturated rings. The highest BCUT2D eigenvalue weighted by Crippen LogP contribution is 2.26. The van der Waals surface area contributed by atoms with Gasteiger partial charge in [-0.05, 0) is 44.6 Å². The molecule has 0 spiro atoms. The summed E-state index contributed by atoms with van der Waals surface area (Å²) < 4.78 is 0. The Hall–Kier alpha value is -1.33. The lowest BCUT2D eigenvalue weighted by atomic mass is 10.1. The molecule has 2 amide bonds. The molecule has 0 aromatic heterocycles. The number of benzene rings is 1. The first kappa shape index (κ1) is 14.1. The van der Waals surface area contributed by atoms with Gasteiger partial charge in [0.25, 0.3) is 0 Å². The number of aryl methyl sites for hydroxylation is 1. The standard InChI is InChI=1S/C13H16ClN3OS/c1-8-5-4-6-9(14)10(8)15-11(18)17-7-13(2,3)16-12(17)19/h4-6H,7H2,1-3H3,(H,15,18)(H,16,19). The summed E-state index contributed by atoms with van der Waals surface area (Å²) in [5, 5.41) is 6.88. The first-order valence-electron chi connectivity index (χ1n) is 5.96. The Balaban J connectivity index is 2.16. The largest absolute Gasteiger partial charge is 0.355 e. The number of nitrogens with one attached hydrogen (secondary N) is 2. The smallest absolute Gasteiger partial charge is 0.328 e. The molecule has 0 aliphatic carbocycles. The van der Waals surface area contributed by atoms with Gasteiger partial charge in [-0.1, -0.05) is 23.7 Å². The molecule has 19 heavy (non-hydrogen) atoms. The Morgan fingerprint density at radius 2 is 2.21 bits per heavy atom. The molecule has 1 aromatic rings. The number of anilines is 1. The van der Waals surface area contributed by atoms with E-state index in [4.69, 9.17) is 23.8 Å². The van der Waals surface area contributed by atoms with Crippen molar-refractivity contribution in [2.45, 2.75) is 26.3 Å². The Bertz CT molecular complexity index is 524. The second-order valence-corrected chi connectivity index (χ2v) is 6.06. The van der Waals surface area contributed by atoms with Crippen LogP contribution in [0.15, 0.2) is 18.2 Å². The summed E-state index contributed by atoms with van der Waals surface area (Å²) in [5.74, 6) is 0. The average molecular weight is 298 g/mol. The van der Waals surface area contributed by atoms with Gasteiger partial charge in [-0.3, -0.25) is 4.90 Å². The third kappa shape index (κ3) is 2.98. The van der Waals surface area contributed by atoms with Crippen molar-refractivity contribution in [3.8, 4) is 0 Å². The van der Waals surface area contributed by atoms with Crippen molar-refractivity contribution in [2.24, 2.45) is 0 Å². The van der Waals surface area contributed by atoms with Gasteiger partial charge in [0.15, 0.2) is 5.11 Å². The highest BCUT2D eigenvalue weighted by Gasteiger charge is 2.35. The molecular formula is C13H16ClN3OS. The summed E-state index contributed by atoms with van der Waals surface area (Å²) in [4.78, 5) is 13.8. The number of thiocarbonyl (C=S) groups is 1. The minimum absolute atomic E-state index is 0.204. The lowest BCUT2D eigenvalue weighted by molar-refractivity contribution is 0.233. The number of nitrogens with zero attached hydrogens (tertiary/aromatic N) is 1. The predicted octanol–water partition coefficient (Wildman–Crippen LogP) is 3.15. The number of hydrogen-bond acceptors (Lipinski definition) is 2. The van der Waals surface area contributed by atoms with Crippen molar-refractivity contribution < 1.29 is 4.79 Å². The van der Waals surface area contributed by atoms with Crippen LogP contribution in [-0.4, -0.2) is 28.1 Å². The maximum atomic E-state index is 12.2. The highest BCUT2D eigenvalue weighted by atomic mass is 35.5. The first-order chi connectivity index (χ1) is 8.80. The quantitative estimate of drug-likeness (QED) is 0.783. The molecule has 1 aliphatic rings. The Morgan fingerprint density at radius 3 is 2.74 bits per heavy atom. The number of hydrogen-bond donors (Lipinski definition) is 2. The van der Waals surface area contributed by atoms with E-state index in [1.54, 1.807) is 6.07 Å². The van der Waals surface area contributed by atoms with Gasteiger partial charge in [0.05, 0.1) is 22.8 Å². The fraction of sp³-hybridized carbons (Fsp3) is 0.385. The fourth-order valence-corrected chi connectivity index (χ4v) is 2.69. The van der Waals surface area contributed by atoms with E-state index in [2.05, 4.69) is 10.6 Å². The maximum Gasteiger partial charge on any atom is 0.328 e. The summed E-state index contributed by atoms with van der Waals surface area (Å²) >= 11 is 11.3. The zero-order chi connectivity index (χ0) is 14.2. The van der Waals surface area contributed by atoms with Crippen molar-refractivity contribution in [2.75, 3.05) is 11.9 Å². The molecule has 0 unspecified atom stereocenters. The highest BCUT2D eigenvalue weighted by molar-refractivity contribution is 7.80. The minimum Gasteiger partial charge on any atom is -0.355 e. The topological polar surface area (TPSA) is 44.4 Å². The van der Waals surface area contributed by atoms with E-state index in [9.17, 15) is 4.79 Å². The second-order valence-electron chi connectivity index (χ2n) is 5.26. The molecular weight excluding hydrogens is 282 g/mol. The Kier molecular flexibility index (Phi) is 3.69. The molecule has 1 aromatic carbocycles. The van der Waals surface area contributed by atoms with Gasteiger partial charge in [0.1, 0.15) is 0 Å². The molecule has 0 atom stereocenters. The van der Waals surface area contributed by atoms with Crippen molar-refractivity contribution >= 4 is 40.6 Å². The van der Waals surface area contributed by atoms with Crippen molar-refractivity contribution in [1.29, 1.82) is 0 Å². The van der Waals surface area contributed by atoms with Crippen molar-refractivity contribution in [1.82, 2.24) is 10.2 Å². The van der Waals surface area contributed by atoms with Crippen LogP contribution in [0, 0.1) is 6.92 Å². The first-order valence-corrected chi connectivity index (χ1v) is 6.74. The van der Waals surface area contributed by atoms with Gasteiger partial charge in [0.2, 0.25) is 0 Å². The molecule has 1 heterocycles. The molecule has 1 aliphatic heterocycles. The van der Waals surface area contributed by atoms with Gasteiger partial charge in [-0.25, -0.2) is 4.79 Å². The number of carbonyl (C=O) groups is 1. The number of rotatable bonds is 1. The van der Waals surface area contributed by atoms with Gasteiger partial charge in [-0.15, -0.1) is 0 Å². The lowest BCUT2D eigenvalue weighted by Gasteiger charge is -2.19. The Labute approximate surface area is 123 Å². The van der Waals surface area contributed by atoms with Crippen LogP contribution in [0.5, 0.6) is 0 Å². The van der Waals surface area contributed by atoms with E-state index < -0.39 is 0 Å². The van der Waals surface area contributed by atoms with Crippen LogP contribution in [-0.2, 0) is 0 Å². The molecule has 102 valence electrons. The SMILES string of the molecule is Cc1cccc(Cl)c1NC(=O)N1CC(C)(C)NC1=S. The Morgan fingerprint density at radius 1 is 1.53 bits per heavy atom. The molecule has 4 nitrogen and oxygen atoms in total. The minimum atomic E-state index is -0.265. The summed E-state index contributed by atoms with van der Waals surface area (Å²) in [6.45, 7) is 6.41. The molecule has 0 saturated carbocycles. The molecule has 6 heteroatoms. The van der Waals surface area contributed by atoms with E-state index in [0.29, 0.717) is 22.4 Å². The summed E-state index contributed by atoms with van der Waals surface area (Å²) in [5.41, 5.74) is 1.34. The van der Waals surface area contributed by atoms with Gasteiger partial charge in [-0.2, -0.15) is 0 Å². The van der Waals surface area contributed by atoms with Crippen LogP contribution in [0.25, 0.3) is 0 Å². The monoisotopic (exact) mass is 297 g/mol. The summed E-state index contributed by atoms with van der Waals surface area (Å²) in [7, 11) is 0. The zero-order valence-electron chi connectivity index (χ0n) is 11.1. The van der Waals surface area contributed by atoms with E-state index in [1.165, 1.54) is 4.90 Å². The predicted molar refractivity (Wildman–Crippen MR) is 81.7 cm³/mol. The van der Waals surface area contributed by atoms with Gasteiger partial charge < -0.3 is 10.6 Å². The molecule has 0 bridgehead atoms. The second kappa shape index (κ2) is 4.98. The third-order valence-corrected chi connectivity index (χ3v) is 3.58. The fourth-order valence-electron chi connectivity index (χ4n) is 1.99. The van der Waals surface area contributed by atoms with Crippen LogP contribution >= 0.6 is 23.8 Å². The van der Waals surface area contributed by atoms with E-state index in [0.717, 1.165) is 5.56 Å². The molecule has 1 saturated heterocycles. The lowest BCUT2D eigenvalue weighted by Crippen LogP contribution is -2.37. The van der Waals surface area contributed by atoms with Gasteiger partial charge >= 0.3 is 6.03 Å². The van der Waals surface area contributed by atoms with Crippen LogP contribution in [0.2, 0.25) is 5.02 Å². The number of para-hydroxylation sites is 1. The van der Waals surface area contributed by atoms with Crippen molar-refractivity contribution in [3.63, 3.8) is 0 Å². The third-order valence-electron chi connectivity index (χ3n) is 2.94. The van der Waals surface area contributed by atoms with Gasteiger partial charge in [0, 0.05) is 0 Å². The van der Waals surface area contributed by atoms with Crippen LogP contribution in [0.1, 0.15) is 19.4 Å². The number of carbonyl (C=O) groups excluding carboxylic acids is 1. The van der Waals surface area contributed by atoms with Crippen LogP contribution < -0.4 is 10.6 Å².